The molecule has 9 nitrogen and oxygen atoms in total. The lowest BCUT2D eigenvalue weighted by molar-refractivity contribution is -0.268. The molecule has 1 aliphatic heterocycles. The van der Waals surface area contributed by atoms with E-state index in [1.165, 1.54) is 18.7 Å². The van der Waals surface area contributed by atoms with Crippen LogP contribution in [-0.2, 0) is 20.9 Å². The largest absolute Gasteiger partial charge is 0.392 e. The number of anilines is 1. The number of carbonyl (C=O) groups excluding carboxylic acids is 1. The summed E-state index contributed by atoms with van der Waals surface area (Å²) in [7, 11) is 0. The summed E-state index contributed by atoms with van der Waals surface area (Å²) in [6, 6.07) is 25.0. The number of benzene rings is 3. The van der Waals surface area contributed by atoms with Crippen LogP contribution in [0.2, 0.25) is 0 Å². The molecule has 0 saturated carbocycles. The number of nitrogens with zero attached hydrogens (tertiary/aromatic N) is 4. The molecule has 1 amide bonds. The first-order chi connectivity index (χ1) is 18.5. The highest BCUT2D eigenvalue weighted by atomic mass is 32.2. The van der Waals surface area contributed by atoms with Gasteiger partial charge in [0.15, 0.2) is 6.29 Å². The molecule has 1 saturated heterocycles. The Morgan fingerprint density at radius 3 is 2.55 bits per heavy atom. The Morgan fingerprint density at radius 1 is 1.03 bits per heavy atom. The van der Waals surface area contributed by atoms with Gasteiger partial charge < -0.3 is 19.9 Å². The third-order valence-corrected chi connectivity index (χ3v) is 7.43. The summed E-state index contributed by atoms with van der Waals surface area (Å²) in [6.45, 7) is 3.57. The first-order valence-electron chi connectivity index (χ1n) is 12.4. The monoisotopic (exact) mass is 531 g/mol. The molecule has 2 heterocycles. The fourth-order valence-electron chi connectivity index (χ4n) is 4.43. The standard InChI is InChI=1S/C28H29N5O4S/c1-18-25(17-38-28-30-31-32-33(28)24-9-4-3-5-10-24)36-27(22-7-6-8-23(15-22)29-19(2)35)37-26(18)21-13-11-20(16-34)12-14-21/h3-15,18,25-27,34H,16-17H2,1-2H3,(H,29,35). The minimum absolute atomic E-state index is 0.0123. The van der Waals surface area contributed by atoms with E-state index in [2.05, 4.69) is 27.8 Å². The number of aliphatic hydroxyl groups is 1. The fourth-order valence-corrected chi connectivity index (χ4v) is 5.49. The first kappa shape index (κ1) is 26.1. The van der Waals surface area contributed by atoms with E-state index >= 15 is 0 Å². The van der Waals surface area contributed by atoms with Crippen LogP contribution in [0.4, 0.5) is 5.69 Å². The smallest absolute Gasteiger partial charge is 0.221 e. The van der Waals surface area contributed by atoms with Crippen molar-refractivity contribution >= 4 is 23.4 Å². The van der Waals surface area contributed by atoms with Gasteiger partial charge in [-0.25, -0.2) is 0 Å². The van der Waals surface area contributed by atoms with Crippen molar-refractivity contribution in [2.45, 2.75) is 44.1 Å². The van der Waals surface area contributed by atoms with Gasteiger partial charge in [0.05, 0.1) is 24.5 Å². The van der Waals surface area contributed by atoms with Crippen molar-refractivity contribution in [3.8, 4) is 5.69 Å². The van der Waals surface area contributed by atoms with Gasteiger partial charge in [0.1, 0.15) is 0 Å². The van der Waals surface area contributed by atoms with Gasteiger partial charge in [-0.2, -0.15) is 4.68 Å². The molecule has 0 spiro atoms. The molecule has 0 bridgehead atoms. The number of hydrogen-bond acceptors (Lipinski definition) is 8. The van der Waals surface area contributed by atoms with Crippen molar-refractivity contribution in [2.24, 2.45) is 5.92 Å². The van der Waals surface area contributed by atoms with E-state index in [4.69, 9.17) is 9.47 Å². The summed E-state index contributed by atoms with van der Waals surface area (Å²) in [5, 5.41) is 25.2. The van der Waals surface area contributed by atoms with Crippen LogP contribution in [0.15, 0.2) is 84.0 Å². The summed E-state index contributed by atoms with van der Waals surface area (Å²) in [5.74, 6) is 0.469. The summed E-state index contributed by atoms with van der Waals surface area (Å²) in [6.07, 6.45) is -1.08. The lowest BCUT2D eigenvalue weighted by atomic mass is 9.91. The topological polar surface area (TPSA) is 111 Å². The molecule has 3 aromatic carbocycles. The van der Waals surface area contributed by atoms with E-state index in [1.54, 1.807) is 4.68 Å². The molecule has 1 fully saturated rings. The number of thioether (sulfide) groups is 1. The Kier molecular flexibility index (Phi) is 8.14. The molecule has 4 aromatic rings. The van der Waals surface area contributed by atoms with E-state index in [9.17, 15) is 9.90 Å². The van der Waals surface area contributed by atoms with Crippen molar-refractivity contribution in [1.29, 1.82) is 0 Å². The summed E-state index contributed by atoms with van der Waals surface area (Å²) < 4.78 is 14.7. The quantitative estimate of drug-likeness (QED) is 0.315. The van der Waals surface area contributed by atoms with Crippen molar-refractivity contribution < 1.29 is 19.4 Å². The normalized spacial score (nSPS) is 21.2. The SMILES string of the molecule is CC(=O)Nc1cccc(C2OC(CSc3nnnn3-c3ccccc3)C(C)C(c3ccc(CO)cc3)O2)c1. The number of amides is 1. The lowest BCUT2D eigenvalue weighted by Crippen LogP contribution is -2.38. The van der Waals surface area contributed by atoms with Gasteiger partial charge in [0.2, 0.25) is 11.1 Å². The molecule has 38 heavy (non-hydrogen) atoms. The van der Waals surface area contributed by atoms with Crippen LogP contribution in [-0.4, -0.2) is 43.1 Å². The van der Waals surface area contributed by atoms with Gasteiger partial charge >= 0.3 is 0 Å². The summed E-state index contributed by atoms with van der Waals surface area (Å²) in [4.78, 5) is 11.6. The first-order valence-corrected chi connectivity index (χ1v) is 13.3. The maximum atomic E-state index is 11.6. The molecular weight excluding hydrogens is 502 g/mol. The predicted octanol–water partition coefficient (Wildman–Crippen LogP) is 4.70. The minimum atomic E-state index is -0.641. The van der Waals surface area contributed by atoms with E-state index in [1.807, 2.05) is 78.9 Å². The average Bonchev–Trinajstić information content (AvgIpc) is 3.41. The maximum Gasteiger partial charge on any atom is 0.221 e. The number of carbonyl (C=O) groups is 1. The number of tetrazole rings is 1. The summed E-state index contributed by atoms with van der Waals surface area (Å²) >= 11 is 1.53. The van der Waals surface area contributed by atoms with E-state index in [-0.39, 0.29) is 30.6 Å². The molecule has 4 atom stereocenters. The molecule has 1 aliphatic rings. The lowest BCUT2D eigenvalue weighted by Gasteiger charge is -2.41. The second-order valence-corrected chi connectivity index (χ2v) is 10.1. The Morgan fingerprint density at radius 2 is 1.82 bits per heavy atom. The van der Waals surface area contributed by atoms with Crippen molar-refractivity contribution in [2.75, 3.05) is 11.1 Å². The third kappa shape index (κ3) is 5.94. The van der Waals surface area contributed by atoms with Gasteiger partial charge in [0, 0.05) is 29.8 Å². The van der Waals surface area contributed by atoms with E-state index in [0.717, 1.165) is 22.4 Å². The molecule has 1 aromatic heterocycles. The Hall–Kier alpha value is -3.57. The highest BCUT2D eigenvalue weighted by Gasteiger charge is 2.38. The summed E-state index contributed by atoms with van der Waals surface area (Å²) in [5.41, 5.74) is 4.22. The van der Waals surface area contributed by atoms with Gasteiger partial charge in [-0.15, -0.1) is 5.10 Å². The van der Waals surface area contributed by atoms with Gasteiger partial charge in [-0.3, -0.25) is 4.79 Å². The molecular formula is C28H29N5O4S. The Bertz CT molecular complexity index is 1370. The second kappa shape index (κ2) is 11.9. The molecule has 0 aliphatic carbocycles. The van der Waals surface area contributed by atoms with Gasteiger partial charge in [-0.1, -0.05) is 73.3 Å². The van der Waals surface area contributed by atoms with Crippen LogP contribution in [0.25, 0.3) is 5.69 Å². The van der Waals surface area contributed by atoms with Crippen LogP contribution >= 0.6 is 11.8 Å². The third-order valence-electron chi connectivity index (χ3n) is 6.42. The zero-order valence-corrected chi connectivity index (χ0v) is 21.9. The molecule has 0 radical (unpaired) electrons. The van der Waals surface area contributed by atoms with Crippen molar-refractivity contribution in [3.63, 3.8) is 0 Å². The van der Waals surface area contributed by atoms with Gasteiger partial charge in [0.25, 0.3) is 0 Å². The second-order valence-electron chi connectivity index (χ2n) is 9.15. The zero-order chi connectivity index (χ0) is 26.5. The number of ether oxygens (including phenoxy) is 2. The predicted molar refractivity (Wildman–Crippen MR) is 144 cm³/mol. The number of aliphatic hydroxyl groups excluding tert-OH is 1. The van der Waals surface area contributed by atoms with Crippen LogP contribution in [0, 0.1) is 5.92 Å². The van der Waals surface area contributed by atoms with E-state index in [0.29, 0.717) is 16.6 Å². The average molecular weight is 532 g/mol. The van der Waals surface area contributed by atoms with Crippen LogP contribution in [0.5, 0.6) is 0 Å². The van der Waals surface area contributed by atoms with Crippen molar-refractivity contribution in [1.82, 2.24) is 20.2 Å². The fraction of sp³-hybridized carbons (Fsp3) is 0.286. The molecule has 10 heteroatoms. The Balaban J connectivity index is 1.41. The number of para-hydroxylation sites is 1. The van der Waals surface area contributed by atoms with Gasteiger partial charge in [-0.05, 0) is 45.8 Å². The molecule has 196 valence electrons. The van der Waals surface area contributed by atoms with Crippen LogP contribution in [0.1, 0.15) is 42.9 Å². The number of rotatable bonds is 8. The molecule has 5 rings (SSSR count). The Labute approximate surface area is 225 Å². The van der Waals surface area contributed by atoms with E-state index < -0.39 is 6.29 Å². The van der Waals surface area contributed by atoms with Crippen LogP contribution < -0.4 is 5.32 Å². The van der Waals surface area contributed by atoms with Crippen LogP contribution in [0.3, 0.4) is 0 Å². The highest BCUT2D eigenvalue weighted by Crippen LogP contribution is 2.43. The highest BCUT2D eigenvalue weighted by molar-refractivity contribution is 7.99. The molecule has 2 N–H and O–H groups in total. The number of aromatic nitrogens is 4. The maximum absolute atomic E-state index is 11.6. The molecule has 4 unspecified atom stereocenters. The number of nitrogens with one attached hydrogen (secondary N) is 1. The van der Waals surface area contributed by atoms with Crippen molar-refractivity contribution in [3.05, 3.63) is 95.6 Å². The zero-order valence-electron chi connectivity index (χ0n) is 21.1. The minimum Gasteiger partial charge on any atom is -0.392 e. The number of hydrogen-bond donors (Lipinski definition) is 2.